The van der Waals surface area contributed by atoms with E-state index in [0.717, 1.165) is 4.31 Å². The van der Waals surface area contributed by atoms with Gasteiger partial charge in [-0.05, 0) is 40.0 Å². The molecule has 1 aromatic heterocycles. The fraction of sp³-hybridized carbons (Fsp3) is 0.692. The molecule has 118 valence electrons. The third-order valence-electron chi connectivity index (χ3n) is 4.28. The van der Waals surface area contributed by atoms with Crippen LogP contribution >= 0.6 is 0 Å². The van der Waals surface area contributed by atoms with Gasteiger partial charge in [0, 0.05) is 13.6 Å². The second-order valence-electron chi connectivity index (χ2n) is 5.74. The molecule has 1 aliphatic heterocycles. The lowest BCUT2D eigenvalue weighted by Crippen LogP contribution is -2.57. The van der Waals surface area contributed by atoms with Crippen LogP contribution in [-0.2, 0) is 21.9 Å². The molecule has 2 heterocycles. The van der Waals surface area contributed by atoms with Gasteiger partial charge in [0.2, 0.25) is 10.0 Å². The van der Waals surface area contributed by atoms with Crippen molar-refractivity contribution >= 4 is 16.0 Å². The minimum absolute atomic E-state index is 0.124. The highest BCUT2D eigenvalue weighted by atomic mass is 32.2. The summed E-state index contributed by atoms with van der Waals surface area (Å²) in [5.74, 6) is -1.11. The maximum atomic E-state index is 13.0. The fourth-order valence-corrected chi connectivity index (χ4v) is 5.14. The molecule has 1 saturated heterocycles. The second-order valence-corrected chi connectivity index (χ2v) is 7.54. The molecule has 2 rings (SSSR count). The lowest BCUT2D eigenvalue weighted by Gasteiger charge is -2.40. The van der Waals surface area contributed by atoms with Crippen LogP contribution in [0.1, 0.15) is 37.6 Å². The van der Waals surface area contributed by atoms with Gasteiger partial charge in [-0.3, -0.25) is 9.48 Å². The number of carbonyl (C=O) groups is 1. The number of sulfonamides is 1. The smallest absolute Gasteiger partial charge is 0.324 e. The van der Waals surface area contributed by atoms with E-state index in [-0.39, 0.29) is 11.4 Å². The SMILES string of the molecule is Cc1nn(C)c(C)c1S(=O)(=O)N1CCCCC1(C)C(=O)O. The Bertz CT molecular complexity index is 680. The van der Waals surface area contributed by atoms with Crippen molar-refractivity contribution in [3.8, 4) is 0 Å². The first-order chi connectivity index (χ1) is 9.62. The highest BCUT2D eigenvalue weighted by molar-refractivity contribution is 7.89. The molecule has 8 heteroatoms. The largest absolute Gasteiger partial charge is 0.480 e. The number of carboxylic acids is 1. The van der Waals surface area contributed by atoms with Crippen molar-refractivity contribution in [3.05, 3.63) is 11.4 Å². The van der Waals surface area contributed by atoms with Crippen molar-refractivity contribution in [2.45, 2.75) is 50.5 Å². The number of carboxylic acid groups (broad SMARTS) is 1. The molecule has 1 aromatic rings. The summed E-state index contributed by atoms with van der Waals surface area (Å²) in [5, 5.41) is 13.6. The van der Waals surface area contributed by atoms with Crippen LogP contribution in [0.15, 0.2) is 4.90 Å². The highest BCUT2D eigenvalue weighted by Gasteiger charge is 2.49. The normalized spacial score (nSPS) is 24.2. The Balaban J connectivity index is 2.59. The quantitative estimate of drug-likeness (QED) is 0.900. The van der Waals surface area contributed by atoms with Gasteiger partial charge in [-0.1, -0.05) is 0 Å². The summed E-state index contributed by atoms with van der Waals surface area (Å²) in [4.78, 5) is 11.7. The van der Waals surface area contributed by atoms with Gasteiger partial charge in [0.15, 0.2) is 0 Å². The minimum Gasteiger partial charge on any atom is -0.480 e. The van der Waals surface area contributed by atoms with E-state index in [0.29, 0.717) is 30.7 Å². The number of piperidine rings is 1. The summed E-state index contributed by atoms with van der Waals surface area (Å²) in [6.07, 6.45) is 1.69. The molecule has 1 unspecified atom stereocenters. The average molecular weight is 315 g/mol. The molecule has 0 amide bonds. The Labute approximate surface area is 124 Å². The van der Waals surface area contributed by atoms with Gasteiger partial charge < -0.3 is 5.11 Å². The van der Waals surface area contributed by atoms with Crippen LogP contribution in [0.25, 0.3) is 0 Å². The first kappa shape index (κ1) is 16.0. The molecular formula is C13H21N3O4S. The lowest BCUT2D eigenvalue weighted by molar-refractivity contribution is -0.149. The molecule has 1 fully saturated rings. The Hall–Kier alpha value is -1.41. The number of hydrogen-bond donors (Lipinski definition) is 1. The molecule has 7 nitrogen and oxygen atoms in total. The number of aryl methyl sites for hydroxylation is 2. The third-order valence-corrected chi connectivity index (χ3v) is 6.55. The van der Waals surface area contributed by atoms with Gasteiger partial charge in [-0.25, -0.2) is 8.42 Å². The Kier molecular flexibility index (Phi) is 3.88. The number of aliphatic carboxylic acids is 1. The van der Waals surface area contributed by atoms with Gasteiger partial charge in [0.25, 0.3) is 0 Å². The molecule has 0 bridgehead atoms. The molecule has 1 N–H and O–H groups in total. The first-order valence-electron chi connectivity index (χ1n) is 6.89. The third kappa shape index (κ3) is 2.36. The standard InChI is InChI=1S/C13H21N3O4S/c1-9-11(10(2)15(4)14-9)21(19,20)16-8-6-5-7-13(16,3)12(17)18/h5-8H2,1-4H3,(H,17,18). The molecule has 1 aliphatic rings. The van der Waals surface area contributed by atoms with E-state index in [4.69, 9.17) is 0 Å². The number of nitrogens with zero attached hydrogens (tertiary/aromatic N) is 3. The van der Waals surface area contributed by atoms with Gasteiger partial charge in [0.1, 0.15) is 10.4 Å². The van der Waals surface area contributed by atoms with Crippen LogP contribution in [0.3, 0.4) is 0 Å². The van der Waals surface area contributed by atoms with E-state index in [1.54, 1.807) is 20.9 Å². The lowest BCUT2D eigenvalue weighted by atomic mass is 9.91. The molecule has 0 saturated carbocycles. The maximum Gasteiger partial charge on any atom is 0.324 e. The van der Waals surface area contributed by atoms with Crippen LogP contribution in [0.4, 0.5) is 0 Å². The van der Waals surface area contributed by atoms with Crippen LogP contribution in [0, 0.1) is 13.8 Å². The van der Waals surface area contributed by atoms with E-state index >= 15 is 0 Å². The summed E-state index contributed by atoms with van der Waals surface area (Å²) < 4.78 is 28.6. The zero-order chi connectivity index (χ0) is 16.0. The zero-order valence-corrected chi connectivity index (χ0v) is 13.6. The van der Waals surface area contributed by atoms with Crippen LogP contribution < -0.4 is 0 Å². The van der Waals surface area contributed by atoms with Crippen molar-refractivity contribution in [2.75, 3.05) is 6.54 Å². The van der Waals surface area contributed by atoms with Crippen molar-refractivity contribution in [1.82, 2.24) is 14.1 Å². The number of rotatable bonds is 3. The Morgan fingerprint density at radius 3 is 2.43 bits per heavy atom. The number of aromatic nitrogens is 2. The van der Waals surface area contributed by atoms with Crippen molar-refractivity contribution in [1.29, 1.82) is 0 Å². The fourth-order valence-electron chi connectivity index (χ4n) is 2.93. The summed E-state index contributed by atoms with van der Waals surface area (Å²) in [6.45, 7) is 5.00. The molecule has 0 aromatic carbocycles. The monoisotopic (exact) mass is 315 g/mol. The summed E-state index contributed by atoms with van der Waals surface area (Å²) >= 11 is 0. The zero-order valence-electron chi connectivity index (χ0n) is 12.8. The molecular weight excluding hydrogens is 294 g/mol. The van der Waals surface area contributed by atoms with Crippen molar-refractivity contribution in [2.24, 2.45) is 7.05 Å². The van der Waals surface area contributed by atoms with E-state index in [1.165, 1.54) is 11.6 Å². The van der Waals surface area contributed by atoms with Crippen molar-refractivity contribution < 1.29 is 18.3 Å². The van der Waals surface area contributed by atoms with Gasteiger partial charge in [0.05, 0.1) is 11.4 Å². The van der Waals surface area contributed by atoms with E-state index in [2.05, 4.69) is 5.10 Å². The number of hydrogen-bond acceptors (Lipinski definition) is 4. The van der Waals surface area contributed by atoms with Crippen molar-refractivity contribution in [3.63, 3.8) is 0 Å². The minimum atomic E-state index is -3.89. The Morgan fingerprint density at radius 2 is 1.95 bits per heavy atom. The molecule has 21 heavy (non-hydrogen) atoms. The van der Waals surface area contributed by atoms with Gasteiger partial charge >= 0.3 is 5.97 Å². The van der Waals surface area contributed by atoms with Gasteiger partial charge in [-0.2, -0.15) is 9.40 Å². The van der Waals surface area contributed by atoms with Crippen LogP contribution in [0.2, 0.25) is 0 Å². The first-order valence-corrected chi connectivity index (χ1v) is 8.33. The molecule has 1 atom stereocenters. The highest BCUT2D eigenvalue weighted by Crippen LogP contribution is 2.35. The maximum absolute atomic E-state index is 13.0. The Morgan fingerprint density at radius 1 is 1.33 bits per heavy atom. The van der Waals surface area contributed by atoms with E-state index in [1.807, 2.05) is 0 Å². The molecule has 0 radical (unpaired) electrons. The van der Waals surface area contributed by atoms with E-state index < -0.39 is 21.5 Å². The molecule has 0 spiro atoms. The summed E-state index contributed by atoms with van der Waals surface area (Å²) in [6, 6.07) is 0. The predicted octanol–water partition coefficient (Wildman–Crippen LogP) is 1.05. The summed E-state index contributed by atoms with van der Waals surface area (Å²) in [7, 11) is -2.21. The van der Waals surface area contributed by atoms with E-state index in [9.17, 15) is 18.3 Å². The predicted molar refractivity (Wildman–Crippen MR) is 76.5 cm³/mol. The topological polar surface area (TPSA) is 92.5 Å². The van der Waals surface area contributed by atoms with Crippen LogP contribution in [-0.4, -0.2) is 45.7 Å². The molecule has 0 aliphatic carbocycles. The summed E-state index contributed by atoms with van der Waals surface area (Å²) in [5.41, 5.74) is -0.481. The average Bonchev–Trinajstić information content (AvgIpc) is 2.63. The van der Waals surface area contributed by atoms with Gasteiger partial charge in [-0.15, -0.1) is 0 Å². The second kappa shape index (κ2) is 5.10. The van der Waals surface area contributed by atoms with Crippen LogP contribution in [0.5, 0.6) is 0 Å².